The van der Waals surface area contributed by atoms with E-state index in [1.165, 1.54) is 38.5 Å². The van der Waals surface area contributed by atoms with Crippen molar-refractivity contribution < 1.29 is 4.74 Å². The Bertz CT molecular complexity index is 108. The molecular formula is C12H24O. The number of rotatable bonds is 9. The fourth-order valence-corrected chi connectivity index (χ4v) is 1.29. The highest BCUT2D eigenvalue weighted by molar-refractivity contribution is 4.81. The number of methoxy groups -OCH3 is 1. The highest BCUT2D eigenvalue weighted by Crippen LogP contribution is 2.05. The summed E-state index contributed by atoms with van der Waals surface area (Å²) in [4.78, 5) is 0. The molecule has 0 aromatic heterocycles. The summed E-state index contributed by atoms with van der Waals surface area (Å²) in [6.07, 6.45) is 13.7. The number of ether oxygens (including phenoxy) is 1. The highest BCUT2D eigenvalue weighted by Gasteiger charge is 1.86. The highest BCUT2D eigenvalue weighted by atomic mass is 16.5. The third kappa shape index (κ3) is 11.7. The topological polar surface area (TPSA) is 9.23 Å². The van der Waals surface area contributed by atoms with Crippen LogP contribution in [-0.4, -0.2) is 13.7 Å². The van der Waals surface area contributed by atoms with Crippen molar-refractivity contribution in [3.05, 3.63) is 12.2 Å². The number of allylic oxidation sites excluding steroid dienone is 1. The molecule has 0 radical (unpaired) electrons. The molecule has 0 aliphatic rings. The van der Waals surface area contributed by atoms with Gasteiger partial charge in [-0.1, -0.05) is 44.8 Å². The first kappa shape index (κ1) is 12.7. The maximum absolute atomic E-state index is 4.95. The van der Waals surface area contributed by atoms with Crippen molar-refractivity contribution in [3.8, 4) is 0 Å². The Morgan fingerprint density at radius 1 is 0.923 bits per heavy atom. The van der Waals surface area contributed by atoms with E-state index in [1.807, 2.05) is 0 Å². The summed E-state index contributed by atoms with van der Waals surface area (Å²) in [5.41, 5.74) is 0. The molecule has 0 aliphatic heterocycles. The molecule has 0 rings (SSSR count). The molecule has 0 bridgehead atoms. The summed E-state index contributed by atoms with van der Waals surface area (Å²) in [6, 6.07) is 0. The van der Waals surface area contributed by atoms with E-state index in [0.29, 0.717) is 0 Å². The third-order valence-electron chi connectivity index (χ3n) is 2.13. The van der Waals surface area contributed by atoms with Crippen molar-refractivity contribution in [1.82, 2.24) is 0 Å². The molecule has 1 nitrogen and oxygen atoms in total. The van der Waals surface area contributed by atoms with Crippen LogP contribution >= 0.6 is 0 Å². The van der Waals surface area contributed by atoms with Gasteiger partial charge in [0.05, 0.1) is 0 Å². The summed E-state index contributed by atoms with van der Waals surface area (Å²) in [7, 11) is 1.75. The fraction of sp³-hybridized carbons (Fsp3) is 0.833. The van der Waals surface area contributed by atoms with Gasteiger partial charge in [-0.3, -0.25) is 0 Å². The van der Waals surface area contributed by atoms with Crippen molar-refractivity contribution in [2.24, 2.45) is 0 Å². The van der Waals surface area contributed by atoms with E-state index in [9.17, 15) is 0 Å². The van der Waals surface area contributed by atoms with Crippen LogP contribution in [0.4, 0.5) is 0 Å². The van der Waals surface area contributed by atoms with E-state index in [1.54, 1.807) is 7.11 Å². The van der Waals surface area contributed by atoms with Crippen LogP contribution in [0.5, 0.6) is 0 Å². The minimum atomic E-state index is 0.854. The average Bonchev–Trinajstić information content (AvgIpc) is 2.16. The monoisotopic (exact) mass is 184 g/mol. The molecule has 0 amide bonds. The van der Waals surface area contributed by atoms with Crippen LogP contribution in [-0.2, 0) is 4.74 Å². The van der Waals surface area contributed by atoms with Gasteiger partial charge in [-0.25, -0.2) is 0 Å². The zero-order valence-corrected chi connectivity index (χ0v) is 9.22. The minimum absolute atomic E-state index is 0.854. The molecule has 0 unspecified atom stereocenters. The molecule has 0 N–H and O–H groups in total. The van der Waals surface area contributed by atoms with Crippen molar-refractivity contribution in [3.63, 3.8) is 0 Å². The Morgan fingerprint density at radius 2 is 1.62 bits per heavy atom. The summed E-state index contributed by atoms with van der Waals surface area (Å²) >= 11 is 0. The van der Waals surface area contributed by atoms with Crippen LogP contribution in [0.15, 0.2) is 12.2 Å². The first-order chi connectivity index (χ1) is 6.41. The van der Waals surface area contributed by atoms with Crippen LogP contribution in [0.3, 0.4) is 0 Å². The van der Waals surface area contributed by atoms with E-state index < -0.39 is 0 Å². The molecule has 0 spiro atoms. The van der Waals surface area contributed by atoms with E-state index in [0.717, 1.165) is 13.0 Å². The summed E-state index contributed by atoms with van der Waals surface area (Å²) in [5, 5.41) is 0. The molecule has 78 valence electrons. The first-order valence-corrected chi connectivity index (χ1v) is 5.55. The lowest BCUT2D eigenvalue weighted by Gasteiger charge is -1.96. The zero-order valence-electron chi connectivity index (χ0n) is 9.22. The Kier molecular flexibility index (Phi) is 11.4. The minimum Gasteiger partial charge on any atom is -0.384 e. The van der Waals surface area contributed by atoms with E-state index in [4.69, 9.17) is 4.74 Å². The van der Waals surface area contributed by atoms with E-state index >= 15 is 0 Å². The summed E-state index contributed by atoms with van der Waals surface area (Å²) < 4.78 is 4.95. The van der Waals surface area contributed by atoms with Gasteiger partial charge in [-0.15, -0.1) is 0 Å². The first-order valence-electron chi connectivity index (χ1n) is 5.55. The molecule has 0 aromatic rings. The van der Waals surface area contributed by atoms with Crippen molar-refractivity contribution in [2.45, 2.75) is 51.9 Å². The molecular weight excluding hydrogens is 160 g/mol. The van der Waals surface area contributed by atoms with Crippen molar-refractivity contribution >= 4 is 0 Å². The number of hydrogen-bond acceptors (Lipinski definition) is 1. The predicted octanol–water partition coefficient (Wildman–Crippen LogP) is 3.94. The second-order valence-corrected chi connectivity index (χ2v) is 3.46. The third-order valence-corrected chi connectivity index (χ3v) is 2.13. The molecule has 1 heteroatoms. The SMILES string of the molecule is CCCCCCC/C=C/CCOC. The van der Waals surface area contributed by atoms with Gasteiger partial charge in [0.2, 0.25) is 0 Å². The standard InChI is InChI=1S/C12H24O/c1-3-4-5-6-7-8-9-10-11-12-13-2/h9-10H,3-8,11-12H2,1-2H3/b10-9+. The smallest absolute Gasteiger partial charge is 0.0496 e. The Labute approximate surface area is 83.2 Å². The lowest BCUT2D eigenvalue weighted by molar-refractivity contribution is 0.204. The molecule has 0 atom stereocenters. The Morgan fingerprint density at radius 3 is 2.31 bits per heavy atom. The molecule has 0 fully saturated rings. The van der Waals surface area contributed by atoms with Gasteiger partial charge in [0, 0.05) is 13.7 Å². The molecule has 0 saturated carbocycles. The molecule has 0 aromatic carbocycles. The lowest BCUT2D eigenvalue weighted by atomic mass is 10.1. The van der Waals surface area contributed by atoms with Crippen LogP contribution in [0.2, 0.25) is 0 Å². The fourth-order valence-electron chi connectivity index (χ4n) is 1.29. The predicted molar refractivity (Wildman–Crippen MR) is 59.0 cm³/mol. The summed E-state index contributed by atoms with van der Waals surface area (Å²) in [6.45, 7) is 3.11. The van der Waals surface area contributed by atoms with E-state index in [2.05, 4.69) is 19.1 Å². The normalized spacial score (nSPS) is 11.2. The Balaban J connectivity index is 2.93. The van der Waals surface area contributed by atoms with Gasteiger partial charge in [-0.05, 0) is 19.3 Å². The van der Waals surface area contributed by atoms with Gasteiger partial charge in [0.25, 0.3) is 0 Å². The van der Waals surface area contributed by atoms with Crippen molar-refractivity contribution in [1.29, 1.82) is 0 Å². The molecule has 0 aliphatic carbocycles. The van der Waals surface area contributed by atoms with Gasteiger partial charge < -0.3 is 4.74 Å². The second kappa shape index (κ2) is 11.7. The summed E-state index contributed by atoms with van der Waals surface area (Å²) in [5.74, 6) is 0. The van der Waals surface area contributed by atoms with Crippen LogP contribution in [0.1, 0.15) is 51.9 Å². The van der Waals surface area contributed by atoms with Gasteiger partial charge in [0.15, 0.2) is 0 Å². The molecule has 0 saturated heterocycles. The maximum Gasteiger partial charge on any atom is 0.0496 e. The second-order valence-electron chi connectivity index (χ2n) is 3.46. The van der Waals surface area contributed by atoms with Gasteiger partial charge in [-0.2, -0.15) is 0 Å². The lowest BCUT2D eigenvalue weighted by Crippen LogP contribution is -1.83. The van der Waals surface area contributed by atoms with Crippen LogP contribution in [0.25, 0.3) is 0 Å². The van der Waals surface area contributed by atoms with Crippen LogP contribution < -0.4 is 0 Å². The maximum atomic E-state index is 4.95. The number of hydrogen-bond donors (Lipinski definition) is 0. The molecule has 0 heterocycles. The largest absolute Gasteiger partial charge is 0.384 e. The Hall–Kier alpha value is -0.300. The average molecular weight is 184 g/mol. The zero-order chi connectivity index (χ0) is 9.78. The van der Waals surface area contributed by atoms with Gasteiger partial charge in [0.1, 0.15) is 0 Å². The quantitative estimate of drug-likeness (QED) is 0.389. The molecule has 13 heavy (non-hydrogen) atoms. The van der Waals surface area contributed by atoms with Gasteiger partial charge >= 0.3 is 0 Å². The van der Waals surface area contributed by atoms with Crippen molar-refractivity contribution in [2.75, 3.05) is 13.7 Å². The van der Waals surface area contributed by atoms with E-state index in [-0.39, 0.29) is 0 Å². The number of unbranched alkanes of at least 4 members (excludes halogenated alkanes) is 5. The van der Waals surface area contributed by atoms with Crippen LogP contribution in [0, 0.1) is 0 Å².